The van der Waals surface area contributed by atoms with Gasteiger partial charge >= 0.3 is 0 Å². The number of aliphatic imine (C=N–C) groups is 1. The number of carbonyl (C=O) groups excluding carboxylic acids is 1. The minimum atomic E-state index is -0.506. The quantitative estimate of drug-likeness (QED) is 0.578. The van der Waals surface area contributed by atoms with Gasteiger partial charge < -0.3 is 0 Å². The lowest BCUT2D eigenvalue weighted by Crippen LogP contribution is -2.32. The van der Waals surface area contributed by atoms with Gasteiger partial charge in [-0.3, -0.25) is 0 Å². The summed E-state index contributed by atoms with van der Waals surface area (Å²) >= 11 is 0. The number of benzene rings is 1. The second-order valence-electron chi connectivity index (χ2n) is 5.02. The van der Waals surface area contributed by atoms with Crippen molar-refractivity contribution in [1.29, 1.82) is 0 Å². The fourth-order valence-electron chi connectivity index (χ4n) is 2.28. The van der Waals surface area contributed by atoms with E-state index in [1.807, 2.05) is 19.9 Å². The molecule has 0 N–H and O–H groups in total. The minimum Gasteiger partial charge on any atom is -0.211 e. The fourth-order valence-corrected chi connectivity index (χ4v) is 2.28. The molecule has 0 aliphatic heterocycles. The second kappa shape index (κ2) is 4.42. The van der Waals surface area contributed by atoms with Gasteiger partial charge in [0.25, 0.3) is 0 Å². The van der Waals surface area contributed by atoms with Crippen molar-refractivity contribution in [2.45, 2.75) is 44.6 Å². The van der Waals surface area contributed by atoms with E-state index in [4.69, 9.17) is 0 Å². The summed E-state index contributed by atoms with van der Waals surface area (Å²) in [5.41, 5.74) is 1.26. The van der Waals surface area contributed by atoms with E-state index in [2.05, 4.69) is 4.99 Å². The maximum atomic E-state index is 13.6. The summed E-state index contributed by atoms with van der Waals surface area (Å²) in [7, 11) is 0. The molecule has 1 aliphatic carbocycles. The highest BCUT2D eigenvalue weighted by atomic mass is 19.1. The predicted octanol–water partition coefficient (Wildman–Crippen LogP) is 3.66. The van der Waals surface area contributed by atoms with E-state index in [-0.39, 0.29) is 11.7 Å². The summed E-state index contributed by atoms with van der Waals surface area (Å²) < 4.78 is 13.6. The Morgan fingerprint density at radius 3 is 2.53 bits per heavy atom. The highest BCUT2D eigenvalue weighted by Crippen LogP contribution is 2.45. The number of rotatable bonds is 3. The average Bonchev–Trinajstić information content (AvgIpc) is 2.22. The van der Waals surface area contributed by atoms with Gasteiger partial charge in [-0.2, -0.15) is 4.99 Å². The van der Waals surface area contributed by atoms with Crippen molar-refractivity contribution in [3.63, 3.8) is 0 Å². The van der Waals surface area contributed by atoms with Crippen LogP contribution in [0, 0.1) is 5.82 Å². The molecular formula is C14H16FNO. The summed E-state index contributed by atoms with van der Waals surface area (Å²) in [6.45, 7) is 4.05. The SMILES string of the molecule is CC(C)c1cc(F)cc(C2(N=C=O)CCC2)c1. The van der Waals surface area contributed by atoms with E-state index in [9.17, 15) is 9.18 Å². The van der Waals surface area contributed by atoms with Crippen LogP contribution in [0.15, 0.2) is 23.2 Å². The number of halogens is 1. The number of isocyanates is 1. The lowest BCUT2D eigenvalue weighted by atomic mass is 9.72. The first kappa shape index (κ1) is 12.0. The summed E-state index contributed by atoms with van der Waals surface area (Å²) in [4.78, 5) is 14.4. The van der Waals surface area contributed by atoms with Gasteiger partial charge in [-0.1, -0.05) is 19.9 Å². The molecular weight excluding hydrogens is 217 g/mol. The van der Waals surface area contributed by atoms with Crippen LogP contribution in [0.25, 0.3) is 0 Å². The Morgan fingerprint density at radius 2 is 2.06 bits per heavy atom. The molecule has 0 radical (unpaired) electrons. The maximum Gasteiger partial charge on any atom is 0.235 e. The van der Waals surface area contributed by atoms with Crippen molar-refractivity contribution in [3.05, 3.63) is 35.1 Å². The highest BCUT2D eigenvalue weighted by Gasteiger charge is 2.39. The van der Waals surface area contributed by atoms with Gasteiger partial charge in [0.1, 0.15) is 5.82 Å². The Morgan fingerprint density at radius 1 is 1.35 bits per heavy atom. The first-order chi connectivity index (χ1) is 8.07. The lowest BCUT2D eigenvalue weighted by Gasteiger charge is -2.37. The Kier molecular flexibility index (Phi) is 3.12. The number of nitrogens with zero attached hydrogens (tertiary/aromatic N) is 1. The smallest absolute Gasteiger partial charge is 0.211 e. The molecule has 0 amide bonds. The van der Waals surface area contributed by atoms with Crippen molar-refractivity contribution < 1.29 is 9.18 Å². The lowest BCUT2D eigenvalue weighted by molar-refractivity contribution is 0.255. The van der Waals surface area contributed by atoms with Crippen LogP contribution in [0.5, 0.6) is 0 Å². The molecule has 1 aromatic carbocycles. The van der Waals surface area contributed by atoms with Crippen molar-refractivity contribution in [1.82, 2.24) is 0 Å². The molecule has 0 bridgehead atoms. The zero-order chi connectivity index (χ0) is 12.5. The van der Waals surface area contributed by atoms with Crippen molar-refractivity contribution in [2.24, 2.45) is 4.99 Å². The van der Waals surface area contributed by atoms with Gasteiger partial charge in [0, 0.05) is 0 Å². The van der Waals surface area contributed by atoms with Gasteiger partial charge in [-0.15, -0.1) is 0 Å². The molecule has 0 unspecified atom stereocenters. The summed E-state index contributed by atoms with van der Waals surface area (Å²) in [5.74, 6) is 0.0142. The summed E-state index contributed by atoms with van der Waals surface area (Å²) in [5, 5.41) is 0. The van der Waals surface area contributed by atoms with E-state index in [0.717, 1.165) is 30.4 Å². The molecule has 0 heterocycles. The number of hydrogen-bond acceptors (Lipinski definition) is 2. The van der Waals surface area contributed by atoms with Crippen LogP contribution in [0.1, 0.15) is 50.2 Å². The molecule has 1 saturated carbocycles. The third kappa shape index (κ3) is 2.16. The largest absolute Gasteiger partial charge is 0.235 e. The van der Waals surface area contributed by atoms with E-state index in [0.29, 0.717) is 0 Å². The van der Waals surface area contributed by atoms with Crippen molar-refractivity contribution in [2.75, 3.05) is 0 Å². The highest BCUT2D eigenvalue weighted by molar-refractivity contribution is 5.41. The topological polar surface area (TPSA) is 29.4 Å². The van der Waals surface area contributed by atoms with Gasteiger partial charge in [-0.05, 0) is 48.4 Å². The average molecular weight is 233 g/mol. The Balaban J connectivity index is 2.47. The second-order valence-corrected chi connectivity index (χ2v) is 5.02. The molecule has 2 nitrogen and oxygen atoms in total. The first-order valence-corrected chi connectivity index (χ1v) is 5.97. The van der Waals surface area contributed by atoms with Crippen LogP contribution in [-0.4, -0.2) is 6.08 Å². The third-order valence-corrected chi connectivity index (χ3v) is 3.56. The van der Waals surface area contributed by atoms with Crippen LogP contribution in [0.4, 0.5) is 4.39 Å². The zero-order valence-electron chi connectivity index (χ0n) is 10.2. The van der Waals surface area contributed by atoms with Crippen molar-refractivity contribution in [3.8, 4) is 0 Å². The molecule has 1 aliphatic rings. The van der Waals surface area contributed by atoms with Crippen LogP contribution in [0.2, 0.25) is 0 Å². The van der Waals surface area contributed by atoms with E-state index in [1.165, 1.54) is 6.07 Å². The first-order valence-electron chi connectivity index (χ1n) is 5.97. The molecule has 17 heavy (non-hydrogen) atoms. The monoisotopic (exact) mass is 233 g/mol. The normalized spacial score (nSPS) is 17.4. The third-order valence-electron chi connectivity index (χ3n) is 3.56. The Labute approximate surface area is 101 Å². The molecule has 90 valence electrons. The molecule has 1 aromatic rings. The standard InChI is InChI=1S/C14H16FNO/c1-10(2)11-6-12(8-13(15)7-11)14(16-9-17)4-3-5-14/h6-8,10H,3-5H2,1-2H3. The Hall–Kier alpha value is -1.47. The molecule has 0 spiro atoms. The maximum absolute atomic E-state index is 13.6. The van der Waals surface area contributed by atoms with E-state index < -0.39 is 5.54 Å². The number of hydrogen-bond donors (Lipinski definition) is 0. The Bertz CT molecular complexity index is 471. The van der Waals surface area contributed by atoms with Crippen LogP contribution in [0.3, 0.4) is 0 Å². The van der Waals surface area contributed by atoms with Gasteiger partial charge in [0.05, 0.1) is 5.54 Å². The summed E-state index contributed by atoms with van der Waals surface area (Å²) in [6, 6.07) is 5.00. The van der Waals surface area contributed by atoms with E-state index in [1.54, 1.807) is 12.1 Å². The van der Waals surface area contributed by atoms with Gasteiger partial charge in [0.15, 0.2) is 0 Å². The molecule has 0 aromatic heterocycles. The van der Waals surface area contributed by atoms with Crippen molar-refractivity contribution >= 4 is 6.08 Å². The minimum absolute atomic E-state index is 0.251. The molecule has 1 fully saturated rings. The summed E-state index contributed by atoms with van der Waals surface area (Å²) in [6.07, 6.45) is 4.27. The van der Waals surface area contributed by atoms with Gasteiger partial charge in [-0.25, -0.2) is 9.18 Å². The van der Waals surface area contributed by atoms with E-state index >= 15 is 0 Å². The predicted molar refractivity (Wildman–Crippen MR) is 64.1 cm³/mol. The molecule has 0 atom stereocenters. The fraction of sp³-hybridized carbons (Fsp3) is 0.500. The molecule has 0 saturated heterocycles. The van der Waals surface area contributed by atoms with Crippen LogP contribution < -0.4 is 0 Å². The molecule has 2 rings (SSSR count). The van der Waals surface area contributed by atoms with Crippen LogP contribution in [-0.2, 0) is 10.3 Å². The zero-order valence-corrected chi connectivity index (χ0v) is 10.2. The molecule has 3 heteroatoms. The van der Waals surface area contributed by atoms with Crippen LogP contribution >= 0.6 is 0 Å². The van der Waals surface area contributed by atoms with Gasteiger partial charge in [0.2, 0.25) is 6.08 Å².